The third kappa shape index (κ3) is 2.41. The lowest BCUT2D eigenvalue weighted by Gasteiger charge is -2.08. The van der Waals surface area contributed by atoms with Crippen LogP contribution in [0.15, 0.2) is 27.5 Å². The van der Waals surface area contributed by atoms with E-state index in [1.54, 1.807) is 12.1 Å². The Morgan fingerprint density at radius 3 is 2.76 bits per heavy atom. The van der Waals surface area contributed by atoms with Gasteiger partial charge in [-0.1, -0.05) is 13.8 Å². The number of fused-ring (bicyclic) bond motifs is 1. The Morgan fingerprint density at radius 1 is 1.41 bits per heavy atom. The number of hydrogen-bond donors (Lipinski definition) is 1. The van der Waals surface area contributed by atoms with E-state index in [-0.39, 0.29) is 10.9 Å². The largest absolute Gasteiger partial charge is 0.356 e. The molecule has 0 aliphatic carbocycles. The van der Waals surface area contributed by atoms with Gasteiger partial charge in [-0.15, -0.1) is 0 Å². The molecule has 90 valence electrons. The van der Waals surface area contributed by atoms with Gasteiger partial charge in [-0.25, -0.2) is 4.39 Å². The summed E-state index contributed by atoms with van der Waals surface area (Å²) in [5.74, 6) is 0.0178. The van der Waals surface area contributed by atoms with E-state index in [2.05, 4.69) is 34.8 Å². The monoisotopic (exact) mass is 297 g/mol. The molecule has 0 aliphatic rings. The highest BCUT2D eigenvalue weighted by Crippen LogP contribution is 2.22. The van der Waals surface area contributed by atoms with Crippen LogP contribution in [0.2, 0.25) is 0 Å². The Morgan fingerprint density at radius 2 is 2.12 bits per heavy atom. The Labute approximate surface area is 107 Å². The number of benzene rings is 1. The van der Waals surface area contributed by atoms with Gasteiger partial charge < -0.3 is 4.98 Å². The highest BCUT2D eigenvalue weighted by atomic mass is 79.9. The highest BCUT2D eigenvalue weighted by Gasteiger charge is 2.10. The average Bonchev–Trinajstić information content (AvgIpc) is 2.22. The molecule has 0 spiro atoms. The van der Waals surface area contributed by atoms with Crippen molar-refractivity contribution < 1.29 is 4.39 Å². The third-order valence-electron chi connectivity index (χ3n) is 2.57. The number of aromatic amines is 1. The molecule has 17 heavy (non-hydrogen) atoms. The molecule has 0 amide bonds. The zero-order valence-corrected chi connectivity index (χ0v) is 11.3. The molecule has 0 aliphatic heterocycles. The van der Waals surface area contributed by atoms with Gasteiger partial charge in [0.15, 0.2) is 5.43 Å². The summed E-state index contributed by atoms with van der Waals surface area (Å²) >= 11 is 3.27. The first-order chi connectivity index (χ1) is 7.99. The Balaban J connectivity index is 2.73. The van der Waals surface area contributed by atoms with Crippen LogP contribution in [-0.4, -0.2) is 4.98 Å². The van der Waals surface area contributed by atoms with Crippen molar-refractivity contribution in [3.63, 3.8) is 0 Å². The molecule has 0 atom stereocenters. The van der Waals surface area contributed by atoms with Crippen molar-refractivity contribution in [3.05, 3.63) is 44.4 Å². The number of hydrogen-bond acceptors (Lipinski definition) is 1. The lowest BCUT2D eigenvalue weighted by atomic mass is 10.1. The van der Waals surface area contributed by atoms with Crippen molar-refractivity contribution in [3.8, 4) is 0 Å². The molecule has 4 heteroatoms. The van der Waals surface area contributed by atoms with Crippen molar-refractivity contribution in [1.82, 2.24) is 4.98 Å². The minimum Gasteiger partial charge on any atom is -0.356 e. The van der Waals surface area contributed by atoms with Crippen LogP contribution in [0.3, 0.4) is 0 Å². The second kappa shape index (κ2) is 4.61. The summed E-state index contributed by atoms with van der Waals surface area (Å²) < 4.78 is 14.3. The van der Waals surface area contributed by atoms with Crippen LogP contribution < -0.4 is 5.43 Å². The van der Waals surface area contributed by atoms with Gasteiger partial charge in [-0.3, -0.25) is 4.79 Å². The minimum atomic E-state index is -0.397. The van der Waals surface area contributed by atoms with E-state index in [0.717, 1.165) is 12.1 Å². The third-order valence-corrected chi connectivity index (χ3v) is 3.23. The SMILES string of the molecule is CC(C)Cc1cc(=O)c2c(Br)ccc(F)c2[nH]1. The second-order valence-corrected chi connectivity index (χ2v) is 5.39. The van der Waals surface area contributed by atoms with Gasteiger partial charge in [-0.2, -0.15) is 0 Å². The number of nitrogens with one attached hydrogen (secondary N) is 1. The zero-order chi connectivity index (χ0) is 12.6. The van der Waals surface area contributed by atoms with Crippen LogP contribution in [0.25, 0.3) is 10.9 Å². The summed E-state index contributed by atoms with van der Waals surface area (Å²) in [6, 6.07) is 4.45. The lowest BCUT2D eigenvalue weighted by molar-refractivity contribution is 0.625. The van der Waals surface area contributed by atoms with E-state index < -0.39 is 5.82 Å². The number of halogens is 2. The Bertz CT molecular complexity index is 619. The van der Waals surface area contributed by atoms with Crippen LogP contribution in [0.4, 0.5) is 4.39 Å². The van der Waals surface area contributed by atoms with Crippen molar-refractivity contribution >= 4 is 26.8 Å². The van der Waals surface area contributed by atoms with E-state index in [0.29, 0.717) is 15.8 Å². The molecular formula is C13H13BrFNO. The summed E-state index contributed by atoms with van der Waals surface area (Å²) in [4.78, 5) is 14.9. The number of H-pyrrole nitrogens is 1. The fourth-order valence-corrected chi connectivity index (χ4v) is 2.42. The molecule has 1 aromatic heterocycles. The summed E-state index contributed by atoms with van der Waals surface area (Å²) in [6.07, 6.45) is 0.733. The smallest absolute Gasteiger partial charge is 0.190 e. The number of pyridine rings is 1. The summed E-state index contributed by atoms with van der Waals surface area (Å²) in [5, 5.41) is 0.373. The van der Waals surface area contributed by atoms with Gasteiger partial charge in [0.2, 0.25) is 0 Å². The van der Waals surface area contributed by atoms with Crippen molar-refractivity contribution in [1.29, 1.82) is 0 Å². The van der Waals surface area contributed by atoms with Crippen LogP contribution >= 0.6 is 15.9 Å². The van der Waals surface area contributed by atoms with Gasteiger partial charge in [-0.05, 0) is 40.4 Å². The van der Waals surface area contributed by atoms with Gasteiger partial charge in [0.1, 0.15) is 5.82 Å². The number of aromatic nitrogens is 1. The topological polar surface area (TPSA) is 32.9 Å². The molecule has 0 saturated carbocycles. The molecule has 2 nitrogen and oxygen atoms in total. The highest BCUT2D eigenvalue weighted by molar-refractivity contribution is 9.10. The maximum absolute atomic E-state index is 13.7. The predicted octanol–water partition coefficient (Wildman–Crippen LogP) is 3.63. The van der Waals surface area contributed by atoms with Gasteiger partial charge >= 0.3 is 0 Å². The molecule has 2 aromatic rings. The predicted molar refractivity (Wildman–Crippen MR) is 70.8 cm³/mol. The van der Waals surface area contributed by atoms with Crippen LogP contribution in [-0.2, 0) is 6.42 Å². The quantitative estimate of drug-likeness (QED) is 0.902. The van der Waals surface area contributed by atoms with Crippen molar-refractivity contribution in [2.75, 3.05) is 0 Å². The molecule has 0 fully saturated rings. The second-order valence-electron chi connectivity index (χ2n) is 4.54. The summed E-state index contributed by atoms with van der Waals surface area (Å²) in [5.41, 5.74) is 0.901. The molecule has 0 saturated heterocycles. The molecule has 1 aromatic carbocycles. The summed E-state index contributed by atoms with van der Waals surface area (Å²) in [6.45, 7) is 4.11. The Kier molecular flexibility index (Phi) is 3.33. The molecule has 0 unspecified atom stereocenters. The minimum absolute atomic E-state index is 0.152. The van der Waals surface area contributed by atoms with Gasteiger partial charge in [0, 0.05) is 16.2 Å². The van der Waals surface area contributed by atoms with Crippen LogP contribution in [0.5, 0.6) is 0 Å². The van der Waals surface area contributed by atoms with Crippen LogP contribution in [0, 0.1) is 11.7 Å². The first-order valence-corrected chi connectivity index (χ1v) is 6.28. The van der Waals surface area contributed by atoms with Gasteiger partial charge in [0.05, 0.1) is 10.9 Å². The fourth-order valence-electron chi connectivity index (χ4n) is 1.89. The molecule has 0 radical (unpaired) electrons. The van der Waals surface area contributed by atoms with E-state index in [4.69, 9.17) is 0 Å². The normalized spacial score (nSPS) is 11.4. The molecule has 1 N–H and O–H groups in total. The van der Waals surface area contributed by atoms with E-state index in [9.17, 15) is 9.18 Å². The molecular weight excluding hydrogens is 285 g/mol. The maximum atomic E-state index is 13.7. The number of rotatable bonds is 2. The van der Waals surface area contributed by atoms with E-state index in [1.165, 1.54) is 6.07 Å². The van der Waals surface area contributed by atoms with Gasteiger partial charge in [0.25, 0.3) is 0 Å². The van der Waals surface area contributed by atoms with Crippen molar-refractivity contribution in [2.24, 2.45) is 5.92 Å². The van der Waals surface area contributed by atoms with E-state index >= 15 is 0 Å². The lowest BCUT2D eigenvalue weighted by Crippen LogP contribution is -2.08. The maximum Gasteiger partial charge on any atom is 0.190 e. The first-order valence-electron chi connectivity index (χ1n) is 5.49. The van der Waals surface area contributed by atoms with E-state index in [1.807, 2.05) is 0 Å². The molecule has 2 rings (SSSR count). The van der Waals surface area contributed by atoms with Crippen molar-refractivity contribution in [2.45, 2.75) is 20.3 Å². The summed E-state index contributed by atoms with van der Waals surface area (Å²) in [7, 11) is 0. The Hall–Kier alpha value is -1.16. The molecule has 1 heterocycles. The van der Waals surface area contributed by atoms with Crippen LogP contribution in [0.1, 0.15) is 19.5 Å². The average molecular weight is 298 g/mol. The zero-order valence-electron chi connectivity index (χ0n) is 9.68. The fraction of sp³-hybridized carbons (Fsp3) is 0.308. The molecule has 0 bridgehead atoms. The standard InChI is InChI=1S/C13H13BrFNO/c1-7(2)5-8-6-11(17)12-9(14)3-4-10(15)13(12)16-8/h3-4,6-7H,5H2,1-2H3,(H,16,17). The first kappa shape index (κ1) is 12.3.